The summed E-state index contributed by atoms with van der Waals surface area (Å²) >= 11 is 1.95. The van der Waals surface area contributed by atoms with Crippen molar-refractivity contribution in [1.82, 2.24) is 4.57 Å². The molecule has 0 saturated carbocycles. The normalized spacial score (nSPS) is 11.1. The zero-order valence-corrected chi connectivity index (χ0v) is 12.6. The van der Waals surface area contributed by atoms with Gasteiger partial charge in [-0.15, -0.1) is 0 Å². The number of rotatable bonds is 8. The van der Waals surface area contributed by atoms with Gasteiger partial charge < -0.3 is 4.57 Å². The van der Waals surface area contributed by atoms with Gasteiger partial charge >= 0.3 is 0 Å². The maximum atomic E-state index is 11.7. The molecule has 0 aliphatic rings. The van der Waals surface area contributed by atoms with E-state index in [-0.39, 0.29) is 5.56 Å². The molecule has 0 bridgehead atoms. The first-order valence-electron chi connectivity index (χ1n) is 6.90. The molecule has 3 heteroatoms. The van der Waals surface area contributed by atoms with Gasteiger partial charge in [0.2, 0.25) is 0 Å². The van der Waals surface area contributed by atoms with Gasteiger partial charge in [0.25, 0.3) is 5.56 Å². The van der Waals surface area contributed by atoms with Crippen molar-refractivity contribution in [3.8, 4) is 0 Å². The lowest BCUT2D eigenvalue weighted by Gasteiger charge is -2.09. The molecule has 0 unspecified atom stereocenters. The third-order valence-corrected chi connectivity index (χ3v) is 4.02. The second kappa shape index (κ2) is 8.41. The summed E-state index contributed by atoms with van der Waals surface area (Å²) in [6, 6.07) is 3.67. The molecule has 1 rings (SSSR count). The van der Waals surface area contributed by atoms with Crippen molar-refractivity contribution < 1.29 is 0 Å². The largest absolute Gasteiger partial charge is 0.315 e. The Morgan fingerprint density at radius 1 is 1.33 bits per heavy atom. The Balaban J connectivity index is 2.54. The number of hydrogen-bond donors (Lipinski definition) is 0. The standard InChI is InChI=1S/C15H25NOS/c1-4-5-10-18-12-14-6-7-15(17)16(11-14)9-8-13(2)3/h6-7,11,13H,4-5,8-10,12H2,1-3H3. The minimum Gasteiger partial charge on any atom is -0.315 e. The van der Waals surface area contributed by atoms with E-state index in [1.165, 1.54) is 24.2 Å². The molecule has 1 heterocycles. The highest BCUT2D eigenvalue weighted by Crippen LogP contribution is 2.13. The van der Waals surface area contributed by atoms with Crippen LogP contribution in [-0.4, -0.2) is 10.3 Å². The number of aryl methyl sites for hydroxylation is 1. The summed E-state index contributed by atoms with van der Waals surface area (Å²) in [6.45, 7) is 7.43. The van der Waals surface area contributed by atoms with E-state index in [0.29, 0.717) is 5.92 Å². The lowest BCUT2D eigenvalue weighted by atomic mass is 10.1. The van der Waals surface area contributed by atoms with Gasteiger partial charge in [0.05, 0.1) is 0 Å². The smallest absolute Gasteiger partial charge is 0.250 e. The first-order chi connectivity index (χ1) is 8.63. The van der Waals surface area contributed by atoms with Gasteiger partial charge in [0, 0.05) is 24.6 Å². The second-order valence-corrected chi connectivity index (χ2v) is 6.26. The molecular weight excluding hydrogens is 242 g/mol. The average molecular weight is 267 g/mol. The number of unbranched alkanes of at least 4 members (excludes halogenated alkanes) is 1. The van der Waals surface area contributed by atoms with Gasteiger partial charge in [-0.25, -0.2) is 0 Å². The first-order valence-corrected chi connectivity index (χ1v) is 8.06. The third-order valence-electron chi connectivity index (χ3n) is 2.90. The van der Waals surface area contributed by atoms with Gasteiger partial charge in [-0.1, -0.05) is 33.3 Å². The SMILES string of the molecule is CCCCSCc1ccc(=O)n(CCC(C)C)c1. The molecule has 0 amide bonds. The Morgan fingerprint density at radius 2 is 2.11 bits per heavy atom. The van der Waals surface area contributed by atoms with Crippen LogP contribution in [0.2, 0.25) is 0 Å². The molecule has 0 N–H and O–H groups in total. The van der Waals surface area contributed by atoms with Crippen LogP contribution in [0.1, 0.15) is 45.6 Å². The number of pyridine rings is 1. The molecule has 102 valence electrons. The van der Waals surface area contributed by atoms with Gasteiger partial charge in [-0.2, -0.15) is 11.8 Å². The molecule has 0 aromatic carbocycles. The fourth-order valence-electron chi connectivity index (χ4n) is 1.67. The highest BCUT2D eigenvalue weighted by atomic mass is 32.2. The molecule has 0 saturated heterocycles. The summed E-state index contributed by atoms with van der Waals surface area (Å²) in [4.78, 5) is 11.7. The number of thioether (sulfide) groups is 1. The quantitative estimate of drug-likeness (QED) is 0.666. The topological polar surface area (TPSA) is 22.0 Å². The average Bonchev–Trinajstić information content (AvgIpc) is 2.34. The van der Waals surface area contributed by atoms with Crippen molar-refractivity contribution in [2.24, 2.45) is 5.92 Å². The number of nitrogens with zero attached hydrogens (tertiary/aromatic N) is 1. The Hall–Kier alpha value is -0.700. The molecule has 18 heavy (non-hydrogen) atoms. The maximum absolute atomic E-state index is 11.7. The summed E-state index contributed by atoms with van der Waals surface area (Å²) in [5.74, 6) is 2.86. The zero-order chi connectivity index (χ0) is 13.4. The Kier molecular flexibility index (Phi) is 7.18. The van der Waals surface area contributed by atoms with Gasteiger partial charge in [-0.3, -0.25) is 4.79 Å². The molecule has 2 nitrogen and oxygen atoms in total. The van der Waals surface area contributed by atoms with Crippen molar-refractivity contribution in [2.45, 2.75) is 52.3 Å². The van der Waals surface area contributed by atoms with Crippen LogP contribution in [0.5, 0.6) is 0 Å². The minimum atomic E-state index is 0.123. The van der Waals surface area contributed by atoms with Crippen molar-refractivity contribution >= 4 is 11.8 Å². The van der Waals surface area contributed by atoms with Crippen LogP contribution in [0, 0.1) is 5.92 Å². The van der Waals surface area contributed by atoms with E-state index in [4.69, 9.17) is 0 Å². The predicted molar refractivity (Wildman–Crippen MR) is 81.2 cm³/mol. The monoisotopic (exact) mass is 267 g/mol. The van der Waals surface area contributed by atoms with Crippen LogP contribution in [0.25, 0.3) is 0 Å². The fourth-order valence-corrected chi connectivity index (χ4v) is 2.72. The lowest BCUT2D eigenvalue weighted by molar-refractivity contribution is 0.507. The van der Waals surface area contributed by atoms with Gasteiger partial charge in [0.15, 0.2) is 0 Å². The second-order valence-electron chi connectivity index (χ2n) is 5.16. The summed E-state index contributed by atoms with van der Waals surface area (Å²) in [5, 5.41) is 0. The van der Waals surface area contributed by atoms with E-state index in [2.05, 4.69) is 20.8 Å². The lowest BCUT2D eigenvalue weighted by Crippen LogP contribution is -2.19. The predicted octanol–water partition coefficient (Wildman–Crippen LogP) is 3.93. The molecule has 0 fully saturated rings. The van der Waals surface area contributed by atoms with Crippen molar-refractivity contribution in [2.75, 3.05) is 5.75 Å². The first kappa shape index (κ1) is 15.4. The van der Waals surface area contributed by atoms with Crippen LogP contribution in [0.4, 0.5) is 0 Å². The maximum Gasteiger partial charge on any atom is 0.250 e. The summed E-state index contributed by atoms with van der Waals surface area (Å²) in [5.41, 5.74) is 1.39. The van der Waals surface area contributed by atoms with E-state index in [0.717, 1.165) is 18.7 Å². The van der Waals surface area contributed by atoms with E-state index < -0.39 is 0 Å². The van der Waals surface area contributed by atoms with Crippen LogP contribution < -0.4 is 5.56 Å². The highest BCUT2D eigenvalue weighted by molar-refractivity contribution is 7.98. The molecule has 1 aromatic heterocycles. The third kappa shape index (κ3) is 5.76. The summed E-state index contributed by atoms with van der Waals surface area (Å²) < 4.78 is 1.86. The minimum absolute atomic E-state index is 0.123. The summed E-state index contributed by atoms with van der Waals surface area (Å²) in [6.07, 6.45) is 5.62. The number of aromatic nitrogens is 1. The van der Waals surface area contributed by atoms with Gasteiger partial charge in [0.1, 0.15) is 0 Å². The molecule has 0 spiro atoms. The fraction of sp³-hybridized carbons (Fsp3) is 0.667. The van der Waals surface area contributed by atoms with Crippen molar-refractivity contribution in [3.05, 3.63) is 34.2 Å². The van der Waals surface area contributed by atoms with E-state index in [9.17, 15) is 4.79 Å². The van der Waals surface area contributed by atoms with Crippen molar-refractivity contribution in [3.63, 3.8) is 0 Å². The Bertz CT molecular complexity index is 398. The van der Waals surface area contributed by atoms with Crippen LogP contribution in [0.15, 0.2) is 23.1 Å². The van der Waals surface area contributed by atoms with Crippen molar-refractivity contribution in [1.29, 1.82) is 0 Å². The van der Waals surface area contributed by atoms with E-state index in [1.807, 2.05) is 28.6 Å². The molecule has 1 aromatic rings. The van der Waals surface area contributed by atoms with Crippen LogP contribution >= 0.6 is 11.8 Å². The summed E-state index contributed by atoms with van der Waals surface area (Å²) in [7, 11) is 0. The van der Waals surface area contributed by atoms with E-state index >= 15 is 0 Å². The Morgan fingerprint density at radius 3 is 2.78 bits per heavy atom. The zero-order valence-electron chi connectivity index (χ0n) is 11.8. The molecular formula is C15H25NOS. The van der Waals surface area contributed by atoms with E-state index in [1.54, 1.807) is 6.07 Å². The Labute approximate surface area is 115 Å². The van der Waals surface area contributed by atoms with Crippen LogP contribution in [0.3, 0.4) is 0 Å². The highest BCUT2D eigenvalue weighted by Gasteiger charge is 2.01. The molecule has 0 aliphatic carbocycles. The van der Waals surface area contributed by atoms with Gasteiger partial charge in [-0.05, 0) is 30.1 Å². The molecule has 0 atom stereocenters. The molecule has 0 radical (unpaired) electrons. The van der Waals surface area contributed by atoms with Crippen LogP contribution in [-0.2, 0) is 12.3 Å². The number of hydrogen-bond acceptors (Lipinski definition) is 2. The molecule has 0 aliphatic heterocycles.